The Kier molecular flexibility index (Phi) is 5.66. The summed E-state index contributed by atoms with van der Waals surface area (Å²) in [6, 6.07) is 7.03. The van der Waals surface area contributed by atoms with Gasteiger partial charge in [0.05, 0.1) is 6.61 Å². The van der Waals surface area contributed by atoms with Crippen LogP contribution in [0.5, 0.6) is 0 Å². The Bertz CT molecular complexity index is 665. The minimum absolute atomic E-state index is 0.0909. The Morgan fingerprint density at radius 3 is 2.62 bits per heavy atom. The van der Waals surface area contributed by atoms with Crippen molar-refractivity contribution in [3.05, 3.63) is 35.4 Å². The van der Waals surface area contributed by atoms with E-state index in [1.807, 2.05) is 38.1 Å². The molecular weight excluding hydrogens is 328 g/mol. The SMILES string of the molecule is CCCNC(=O)C1COC2(CCC(C)CC2)N1C(=O)c1ccccc1C. The molecule has 0 aromatic heterocycles. The molecule has 1 N–H and O–H groups in total. The lowest BCUT2D eigenvalue weighted by Gasteiger charge is -2.43. The highest BCUT2D eigenvalue weighted by Gasteiger charge is 2.53. The highest BCUT2D eigenvalue weighted by molar-refractivity contribution is 5.99. The van der Waals surface area contributed by atoms with Crippen LogP contribution in [0, 0.1) is 12.8 Å². The normalized spacial score (nSPS) is 28.3. The zero-order valence-corrected chi connectivity index (χ0v) is 16.1. The summed E-state index contributed by atoms with van der Waals surface area (Å²) in [5.41, 5.74) is 0.945. The van der Waals surface area contributed by atoms with Gasteiger partial charge in [0.25, 0.3) is 5.91 Å². The molecular formula is C21H30N2O3. The molecule has 1 unspecified atom stereocenters. The Morgan fingerprint density at radius 1 is 1.27 bits per heavy atom. The predicted octanol–water partition coefficient (Wildman–Crippen LogP) is 3.27. The minimum Gasteiger partial charge on any atom is -0.354 e. The van der Waals surface area contributed by atoms with E-state index in [0.29, 0.717) is 18.0 Å². The summed E-state index contributed by atoms with van der Waals surface area (Å²) >= 11 is 0. The van der Waals surface area contributed by atoms with Gasteiger partial charge < -0.3 is 10.1 Å². The molecule has 0 radical (unpaired) electrons. The van der Waals surface area contributed by atoms with Gasteiger partial charge in [0.2, 0.25) is 5.91 Å². The number of rotatable bonds is 4. The molecule has 1 saturated carbocycles. The van der Waals surface area contributed by atoms with E-state index >= 15 is 0 Å². The van der Waals surface area contributed by atoms with Gasteiger partial charge in [-0.1, -0.05) is 32.0 Å². The van der Waals surface area contributed by atoms with Crippen LogP contribution in [0.2, 0.25) is 0 Å². The number of hydrogen-bond acceptors (Lipinski definition) is 3. The van der Waals surface area contributed by atoms with Crippen LogP contribution < -0.4 is 5.32 Å². The number of nitrogens with one attached hydrogen (secondary N) is 1. The number of aryl methyl sites for hydroxylation is 1. The summed E-state index contributed by atoms with van der Waals surface area (Å²) in [6.45, 7) is 7.09. The Hall–Kier alpha value is -1.88. The molecule has 1 aliphatic carbocycles. The van der Waals surface area contributed by atoms with Crippen LogP contribution in [0.15, 0.2) is 24.3 Å². The standard InChI is InChI=1S/C21H30N2O3/c1-4-13-22-19(24)18-14-26-21(11-9-15(2)10-12-21)23(18)20(25)17-8-6-5-7-16(17)3/h5-8,15,18H,4,9-14H2,1-3H3,(H,22,24). The first kappa shape index (κ1) is 18.9. The van der Waals surface area contributed by atoms with E-state index in [0.717, 1.165) is 37.7 Å². The summed E-state index contributed by atoms with van der Waals surface area (Å²) in [7, 11) is 0. The molecule has 26 heavy (non-hydrogen) atoms. The maximum Gasteiger partial charge on any atom is 0.257 e. The highest BCUT2D eigenvalue weighted by Crippen LogP contribution is 2.43. The molecule has 0 bridgehead atoms. The summed E-state index contributed by atoms with van der Waals surface area (Å²) < 4.78 is 6.18. The fraction of sp³-hybridized carbons (Fsp3) is 0.619. The van der Waals surface area contributed by atoms with Gasteiger partial charge in [-0.25, -0.2) is 0 Å². The third kappa shape index (κ3) is 3.50. The third-order valence-corrected chi connectivity index (χ3v) is 5.76. The van der Waals surface area contributed by atoms with E-state index in [1.165, 1.54) is 0 Å². The molecule has 5 nitrogen and oxygen atoms in total. The van der Waals surface area contributed by atoms with Crippen LogP contribution in [0.4, 0.5) is 0 Å². The van der Waals surface area contributed by atoms with Gasteiger partial charge in [-0.3, -0.25) is 14.5 Å². The Labute approximate surface area is 156 Å². The number of carbonyl (C=O) groups is 2. The maximum atomic E-state index is 13.5. The van der Waals surface area contributed by atoms with Crippen molar-refractivity contribution in [1.29, 1.82) is 0 Å². The lowest BCUT2D eigenvalue weighted by Crippen LogP contribution is -2.57. The van der Waals surface area contributed by atoms with Crippen molar-refractivity contribution in [2.24, 2.45) is 5.92 Å². The topological polar surface area (TPSA) is 58.6 Å². The van der Waals surface area contributed by atoms with Crippen LogP contribution in [0.25, 0.3) is 0 Å². The van der Waals surface area contributed by atoms with Gasteiger partial charge in [0.1, 0.15) is 11.8 Å². The first-order chi connectivity index (χ1) is 12.5. The van der Waals surface area contributed by atoms with Crippen molar-refractivity contribution in [3.8, 4) is 0 Å². The number of nitrogens with zero attached hydrogens (tertiary/aromatic N) is 1. The summed E-state index contributed by atoms with van der Waals surface area (Å²) in [6.07, 6.45) is 4.49. The van der Waals surface area contributed by atoms with E-state index in [1.54, 1.807) is 4.90 Å². The van der Waals surface area contributed by atoms with Crippen LogP contribution in [0.3, 0.4) is 0 Å². The average molecular weight is 358 g/mol. The van der Waals surface area contributed by atoms with Crippen molar-refractivity contribution in [2.75, 3.05) is 13.2 Å². The first-order valence-electron chi connectivity index (χ1n) is 9.79. The molecule has 2 fully saturated rings. The smallest absolute Gasteiger partial charge is 0.257 e. The van der Waals surface area contributed by atoms with Crippen molar-refractivity contribution >= 4 is 11.8 Å². The van der Waals surface area contributed by atoms with E-state index < -0.39 is 11.8 Å². The number of ether oxygens (including phenoxy) is 1. The van der Waals surface area contributed by atoms with Crippen LogP contribution >= 0.6 is 0 Å². The van der Waals surface area contributed by atoms with Crippen molar-refractivity contribution < 1.29 is 14.3 Å². The van der Waals surface area contributed by atoms with E-state index in [2.05, 4.69) is 12.2 Å². The number of benzene rings is 1. The van der Waals surface area contributed by atoms with Gasteiger partial charge >= 0.3 is 0 Å². The number of carbonyl (C=O) groups excluding carboxylic acids is 2. The van der Waals surface area contributed by atoms with Gasteiger partial charge in [0.15, 0.2) is 0 Å². The molecule has 1 spiro atoms. The quantitative estimate of drug-likeness (QED) is 0.899. The lowest BCUT2D eigenvalue weighted by atomic mass is 9.83. The lowest BCUT2D eigenvalue weighted by molar-refractivity contribution is -0.127. The Balaban J connectivity index is 1.93. The Morgan fingerprint density at radius 2 is 1.96 bits per heavy atom. The number of hydrogen-bond donors (Lipinski definition) is 1. The molecule has 1 aromatic rings. The molecule has 3 rings (SSSR count). The zero-order valence-electron chi connectivity index (χ0n) is 16.1. The molecule has 1 heterocycles. The van der Waals surface area contributed by atoms with Gasteiger partial charge in [-0.15, -0.1) is 0 Å². The fourth-order valence-corrected chi connectivity index (χ4v) is 4.09. The average Bonchev–Trinajstić information content (AvgIpc) is 3.01. The van der Waals surface area contributed by atoms with Gasteiger partial charge in [-0.2, -0.15) is 0 Å². The van der Waals surface area contributed by atoms with Crippen molar-refractivity contribution in [1.82, 2.24) is 10.2 Å². The molecule has 2 aliphatic rings. The predicted molar refractivity (Wildman–Crippen MR) is 101 cm³/mol. The summed E-state index contributed by atoms with van der Waals surface area (Å²) in [5.74, 6) is 0.434. The zero-order chi connectivity index (χ0) is 18.7. The molecule has 5 heteroatoms. The second-order valence-corrected chi connectivity index (χ2v) is 7.74. The molecule has 1 saturated heterocycles. The van der Waals surface area contributed by atoms with E-state index in [-0.39, 0.29) is 18.4 Å². The molecule has 142 valence electrons. The molecule has 1 aliphatic heterocycles. The van der Waals surface area contributed by atoms with E-state index in [9.17, 15) is 9.59 Å². The highest BCUT2D eigenvalue weighted by atomic mass is 16.5. The van der Waals surface area contributed by atoms with E-state index in [4.69, 9.17) is 4.74 Å². The maximum absolute atomic E-state index is 13.5. The minimum atomic E-state index is -0.639. The second kappa shape index (κ2) is 7.78. The molecule has 1 aromatic carbocycles. The second-order valence-electron chi connectivity index (χ2n) is 7.74. The largest absolute Gasteiger partial charge is 0.354 e. The third-order valence-electron chi connectivity index (χ3n) is 5.76. The van der Waals surface area contributed by atoms with Crippen LogP contribution in [-0.4, -0.2) is 41.6 Å². The van der Waals surface area contributed by atoms with Gasteiger partial charge in [0, 0.05) is 12.1 Å². The summed E-state index contributed by atoms with van der Waals surface area (Å²) in [5, 5.41) is 2.94. The molecule has 1 atom stereocenters. The number of amides is 2. The molecule has 2 amide bonds. The fourth-order valence-electron chi connectivity index (χ4n) is 4.09. The first-order valence-corrected chi connectivity index (χ1v) is 9.79. The van der Waals surface area contributed by atoms with Crippen LogP contribution in [-0.2, 0) is 9.53 Å². The van der Waals surface area contributed by atoms with Crippen molar-refractivity contribution in [2.45, 2.75) is 64.6 Å². The van der Waals surface area contributed by atoms with Gasteiger partial charge in [-0.05, 0) is 56.6 Å². The monoisotopic (exact) mass is 358 g/mol. The van der Waals surface area contributed by atoms with Crippen molar-refractivity contribution in [3.63, 3.8) is 0 Å². The van der Waals surface area contributed by atoms with Crippen LogP contribution in [0.1, 0.15) is 61.9 Å². The summed E-state index contributed by atoms with van der Waals surface area (Å²) in [4.78, 5) is 28.0.